The van der Waals surface area contributed by atoms with E-state index in [2.05, 4.69) is 69.7 Å². The molecule has 2 aliphatic heterocycles. The number of carbonyl (C=O) groups is 1. The predicted molar refractivity (Wildman–Crippen MR) is 140 cm³/mol. The Morgan fingerprint density at radius 1 is 0.943 bits per heavy atom. The zero-order valence-corrected chi connectivity index (χ0v) is 21.0. The number of thiazole rings is 1. The molecule has 0 radical (unpaired) electrons. The van der Waals surface area contributed by atoms with Gasteiger partial charge in [-0.2, -0.15) is 0 Å². The van der Waals surface area contributed by atoms with Crippen LogP contribution in [0.4, 0.5) is 0 Å². The number of ether oxygens (including phenoxy) is 1. The maximum atomic E-state index is 12.7. The van der Waals surface area contributed by atoms with Gasteiger partial charge in [-0.25, -0.2) is 4.98 Å². The van der Waals surface area contributed by atoms with E-state index in [4.69, 9.17) is 9.72 Å². The monoisotopic (exact) mass is 490 g/mol. The van der Waals surface area contributed by atoms with Crippen LogP contribution in [0.25, 0.3) is 10.6 Å². The summed E-state index contributed by atoms with van der Waals surface area (Å²) in [4.78, 5) is 22.4. The van der Waals surface area contributed by atoms with Gasteiger partial charge in [-0.1, -0.05) is 48.5 Å². The average Bonchev–Trinajstić information content (AvgIpc) is 3.35. The molecule has 2 aromatic carbocycles. The summed E-state index contributed by atoms with van der Waals surface area (Å²) in [7, 11) is 0. The quantitative estimate of drug-likeness (QED) is 0.518. The van der Waals surface area contributed by atoms with Gasteiger partial charge in [0, 0.05) is 56.3 Å². The summed E-state index contributed by atoms with van der Waals surface area (Å²) in [5.74, 6) is 0.0735. The van der Waals surface area contributed by atoms with Crippen LogP contribution in [0.3, 0.4) is 0 Å². The molecule has 0 bridgehead atoms. The van der Waals surface area contributed by atoms with Crippen molar-refractivity contribution in [3.8, 4) is 10.6 Å². The van der Waals surface area contributed by atoms with Gasteiger partial charge < -0.3 is 10.1 Å². The number of rotatable bonds is 8. The zero-order chi connectivity index (χ0) is 23.9. The highest BCUT2D eigenvalue weighted by atomic mass is 32.1. The van der Waals surface area contributed by atoms with Gasteiger partial charge in [-0.05, 0) is 30.0 Å². The first-order valence-electron chi connectivity index (χ1n) is 12.6. The SMILES string of the molecule is O=C(Cc1csc(-c2cccc(CN3CCOCC3)c2)n1)NC1CCN(Cc2ccccc2)CC1. The van der Waals surface area contributed by atoms with Crippen molar-refractivity contribution in [3.63, 3.8) is 0 Å². The summed E-state index contributed by atoms with van der Waals surface area (Å²) >= 11 is 1.62. The Bertz CT molecular complexity index is 1090. The molecule has 35 heavy (non-hydrogen) atoms. The second kappa shape index (κ2) is 11.9. The lowest BCUT2D eigenvalue weighted by Gasteiger charge is -2.32. The number of morpholine rings is 1. The van der Waals surface area contributed by atoms with Gasteiger partial charge in [0.25, 0.3) is 0 Å². The van der Waals surface area contributed by atoms with E-state index in [1.54, 1.807) is 11.3 Å². The number of hydrogen-bond donors (Lipinski definition) is 1. The van der Waals surface area contributed by atoms with E-state index in [0.29, 0.717) is 6.42 Å². The number of amides is 1. The van der Waals surface area contributed by atoms with Gasteiger partial charge in [-0.3, -0.25) is 14.6 Å². The molecular weight excluding hydrogens is 456 g/mol. The van der Waals surface area contributed by atoms with Gasteiger partial charge in [-0.15, -0.1) is 11.3 Å². The number of piperidine rings is 1. The summed E-state index contributed by atoms with van der Waals surface area (Å²) in [5, 5.41) is 6.24. The number of benzene rings is 2. The van der Waals surface area contributed by atoms with E-state index in [1.807, 2.05) is 5.38 Å². The molecule has 1 amide bonds. The zero-order valence-electron chi connectivity index (χ0n) is 20.2. The molecule has 0 aliphatic carbocycles. The molecule has 0 spiro atoms. The number of carbonyl (C=O) groups excluding carboxylic acids is 1. The van der Waals surface area contributed by atoms with Crippen molar-refractivity contribution in [2.75, 3.05) is 39.4 Å². The first-order valence-corrected chi connectivity index (χ1v) is 13.5. The standard InChI is InChI=1S/C28H34N4O2S/c33-27(29-25-9-11-31(12-10-25)19-22-5-2-1-3-6-22)18-26-21-35-28(30-26)24-8-4-7-23(17-24)20-32-13-15-34-16-14-32/h1-8,17,21,25H,9-16,18-20H2,(H,29,33). The summed E-state index contributed by atoms with van der Waals surface area (Å²) in [6.07, 6.45) is 2.34. The summed E-state index contributed by atoms with van der Waals surface area (Å²) < 4.78 is 5.45. The van der Waals surface area contributed by atoms with E-state index in [9.17, 15) is 4.79 Å². The highest BCUT2D eigenvalue weighted by Crippen LogP contribution is 2.25. The van der Waals surface area contributed by atoms with Crippen molar-refractivity contribution >= 4 is 17.2 Å². The lowest BCUT2D eigenvalue weighted by atomic mass is 10.0. The van der Waals surface area contributed by atoms with Gasteiger partial charge in [0.2, 0.25) is 5.91 Å². The van der Waals surface area contributed by atoms with Crippen LogP contribution in [-0.2, 0) is 29.0 Å². The fraction of sp³-hybridized carbons (Fsp3) is 0.429. The highest BCUT2D eigenvalue weighted by Gasteiger charge is 2.21. The van der Waals surface area contributed by atoms with Crippen LogP contribution in [-0.4, -0.2) is 66.1 Å². The fourth-order valence-electron chi connectivity index (χ4n) is 4.86. The summed E-state index contributed by atoms with van der Waals surface area (Å²) in [6, 6.07) is 19.4. The van der Waals surface area contributed by atoms with E-state index in [0.717, 1.165) is 81.6 Å². The molecule has 2 aliphatic rings. The molecule has 1 N–H and O–H groups in total. The number of nitrogens with zero attached hydrogens (tertiary/aromatic N) is 3. The molecule has 0 atom stereocenters. The first-order chi connectivity index (χ1) is 17.2. The lowest BCUT2D eigenvalue weighted by molar-refractivity contribution is -0.121. The van der Waals surface area contributed by atoms with E-state index < -0.39 is 0 Å². The predicted octanol–water partition coefficient (Wildman–Crippen LogP) is 3.97. The smallest absolute Gasteiger partial charge is 0.226 e. The number of likely N-dealkylation sites (tertiary alicyclic amines) is 1. The molecule has 1 aromatic heterocycles. The maximum absolute atomic E-state index is 12.7. The maximum Gasteiger partial charge on any atom is 0.226 e. The molecule has 7 heteroatoms. The molecule has 0 unspecified atom stereocenters. The topological polar surface area (TPSA) is 57.7 Å². The molecule has 0 saturated carbocycles. The van der Waals surface area contributed by atoms with Crippen molar-refractivity contribution in [1.82, 2.24) is 20.1 Å². The molecule has 3 aromatic rings. The average molecular weight is 491 g/mol. The van der Waals surface area contributed by atoms with Gasteiger partial charge in [0.1, 0.15) is 5.01 Å². The summed E-state index contributed by atoms with van der Waals surface area (Å²) in [6.45, 7) is 7.52. The van der Waals surface area contributed by atoms with Crippen LogP contribution < -0.4 is 5.32 Å². The Morgan fingerprint density at radius 2 is 1.66 bits per heavy atom. The van der Waals surface area contributed by atoms with Crippen LogP contribution in [0.15, 0.2) is 60.0 Å². The Hall–Kier alpha value is -2.58. The molecule has 3 heterocycles. The Kier molecular flexibility index (Phi) is 8.21. The molecular formula is C28H34N4O2S. The van der Waals surface area contributed by atoms with Gasteiger partial charge in [0.05, 0.1) is 25.3 Å². The largest absolute Gasteiger partial charge is 0.379 e. The van der Waals surface area contributed by atoms with Crippen LogP contribution in [0.2, 0.25) is 0 Å². The molecule has 2 fully saturated rings. The van der Waals surface area contributed by atoms with Crippen molar-refractivity contribution in [1.29, 1.82) is 0 Å². The third kappa shape index (κ3) is 6.98. The molecule has 6 nitrogen and oxygen atoms in total. The van der Waals surface area contributed by atoms with Crippen molar-refractivity contribution in [2.24, 2.45) is 0 Å². The second-order valence-corrected chi connectivity index (χ2v) is 10.4. The van der Waals surface area contributed by atoms with Gasteiger partial charge >= 0.3 is 0 Å². The van der Waals surface area contributed by atoms with E-state index in [-0.39, 0.29) is 11.9 Å². The number of hydrogen-bond acceptors (Lipinski definition) is 6. The Morgan fingerprint density at radius 3 is 2.46 bits per heavy atom. The highest BCUT2D eigenvalue weighted by molar-refractivity contribution is 7.13. The third-order valence-electron chi connectivity index (χ3n) is 6.78. The third-order valence-corrected chi connectivity index (χ3v) is 7.72. The van der Waals surface area contributed by atoms with Crippen molar-refractivity contribution in [2.45, 2.75) is 38.4 Å². The van der Waals surface area contributed by atoms with Crippen LogP contribution in [0.1, 0.15) is 29.7 Å². The normalized spacial score (nSPS) is 17.9. The van der Waals surface area contributed by atoms with Crippen molar-refractivity contribution < 1.29 is 9.53 Å². The Balaban J connectivity index is 1.09. The van der Waals surface area contributed by atoms with Crippen LogP contribution >= 0.6 is 11.3 Å². The first kappa shape index (κ1) is 24.1. The minimum Gasteiger partial charge on any atom is -0.379 e. The number of aromatic nitrogens is 1. The molecule has 2 saturated heterocycles. The Labute approximate surface area is 211 Å². The van der Waals surface area contributed by atoms with Crippen LogP contribution in [0, 0.1) is 0 Å². The molecule has 184 valence electrons. The summed E-state index contributed by atoms with van der Waals surface area (Å²) in [5.41, 5.74) is 4.61. The van der Waals surface area contributed by atoms with E-state index >= 15 is 0 Å². The van der Waals surface area contributed by atoms with E-state index in [1.165, 1.54) is 11.1 Å². The minimum absolute atomic E-state index is 0.0735. The van der Waals surface area contributed by atoms with Crippen LogP contribution in [0.5, 0.6) is 0 Å². The molecule has 5 rings (SSSR count). The number of nitrogens with one attached hydrogen (secondary N) is 1. The lowest BCUT2D eigenvalue weighted by Crippen LogP contribution is -2.44. The minimum atomic E-state index is 0.0735. The van der Waals surface area contributed by atoms with Crippen molar-refractivity contribution in [3.05, 3.63) is 76.8 Å². The second-order valence-electron chi connectivity index (χ2n) is 9.51. The van der Waals surface area contributed by atoms with Gasteiger partial charge in [0.15, 0.2) is 0 Å². The fourth-order valence-corrected chi connectivity index (χ4v) is 5.68.